The third-order valence-electron chi connectivity index (χ3n) is 4.23. The molecule has 0 radical (unpaired) electrons. The minimum Gasteiger partial charge on any atom is -0.381 e. The monoisotopic (exact) mass is 321 g/mol. The quantitative estimate of drug-likeness (QED) is 0.939. The second-order valence-corrected chi connectivity index (χ2v) is 6.15. The molecule has 0 atom stereocenters. The predicted octanol–water partition coefficient (Wildman–Crippen LogP) is 3.37. The molecule has 3 rings (SSSR count). The summed E-state index contributed by atoms with van der Waals surface area (Å²) in [5.41, 5.74) is 1.62. The van der Waals surface area contributed by atoms with E-state index in [2.05, 4.69) is 10.3 Å². The molecule has 0 saturated carbocycles. The molecule has 1 saturated heterocycles. The molecule has 2 aromatic rings. The molecule has 6 heteroatoms. The van der Waals surface area contributed by atoms with Crippen LogP contribution in [0.3, 0.4) is 0 Å². The zero-order valence-corrected chi connectivity index (χ0v) is 13.4. The number of rotatable bonds is 4. The van der Waals surface area contributed by atoms with E-state index in [1.54, 1.807) is 6.07 Å². The molecule has 1 aromatic heterocycles. The number of aromatic nitrogens is 2. The summed E-state index contributed by atoms with van der Waals surface area (Å²) in [6.07, 6.45) is 3.52. The lowest BCUT2D eigenvalue weighted by Crippen LogP contribution is -2.19. The summed E-state index contributed by atoms with van der Waals surface area (Å²) in [5, 5.41) is 3.48. The van der Waals surface area contributed by atoms with Crippen LogP contribution in [0.2, 0.25) is 5.02 Å². The second kappa shape index (κ2) is 6.67. The van der Waals surface area contributed by atoms with Gasteiger partial charge in [0, 0.05) is 26.7 Å². The van der Waals surface area contributed by atoms with E-state index in [9.17, 15) is 4.79 Å². The minimum absolute atomic E-state index is 0.000945. The Labute approximate surface area is 134 Å². The summed E-state index contributed by atoms with van der Waals surface area (Å²) < 4.78 is 7.19. The molecule has 0 spiro atoms. The molecule has 22 heavy (non-hydrogen) atoms. The maximum absolute atomic E-state index is 12.1. The van der Waals surface area contributed by atoms with Crippen LogP contribution in [0, 0.1) is 5.92 Å². The van der Waals surface area contributed by atoms with Crippen LogP contribution >= 0.6 is 11.6 Å². The van der Waals surface area contributed by atoms with Crippen molar-refractivity contribution in [3.8, 4) is 0 Å². The molecule has 1 aliphatic heterocycles. The van der Waals surface area contributed by atoms with Crippen molar-refractivity contribution in [2.45, 2.75) is 25.7 Å². The van der Waals surface area contributed by atoms with E-state index in [1.807, 2.05) is 23.7 Å². The summed E-state index contributed by atoms with van der Waals surface area (Å²) in [6.45, 7) is 1.63. The highest BCUT2D eigenvalue weighted by Gasteiger charge is 2.17. The van der Waals surface area contributed by atoms with Gasteiger partial charge in [-0.3, -0.25) is 10.1 Å². The van der Waals surface area contributed by atoms with Gasteiger partial charge in [-0.2, -0.15) is 0 Å². The molecule has 5 nitrogen and oxygen atoms in total. The van der Waals surface area contributed by atoms with Crippen molar-refractivity contribution in [2.24, 2.45) is 13.0 Å². The Morgan fingerprint density at radius 3 is 2.95 bits per heavy atom. The highest BCUT2D eigenvalue weighted by molar-refractivity contribution is 6.35. The van der Waals surface area contributed by atoms with Crippen molar-refractivity contribution in [1.29, 1.82) is 0 Å². The topological polar surface area (TPSA) is 56.2 Å². The maximum atomic E-state index is 12.1. The van der Waals surface area contributed by atoms with E-state index in [-0.39, 0.29) is 5.91 Å². The van der Waals surface area contributed by atoms with Crippen LogP contribution in [0.1, 0.15) is 25.7 Å². The number of ether oxygens (including phenoxy) is 1. The first kappa shape index (κ1) is 15.3. The molecule has 0 aliphatic carbocycles. The molecule has 1 aromatic carbocycles. The fourth-order valence-corrected chi connectivity index (χ4v) is 3.06. The molecule has 2 heterocycles. The highest BCUT2D eigenvalue weighted by atomic mass is 35.5. The molecule has 118 valence electrons. The predicted molar refractivity (Wildman–Crippen MR) is 87.1 cm³/mol. The summed E-state index contributed by atoms with van der Waals surface area (Å²) in [4.78, 5) is 16.6. The number of hydrogen-bond acceptors (Lipinski definition) is 3. The van der Waals surface area contributed by atoms with E-state index in [4.69, 9.17) is 16.3 Å². The Hall–Kier alpha value is -1.59. The number of anilines is 1. The lowest BCUT2D eigenvalue weighted by molar-refractivity contribution is -0.116. The fraction of sp³-hybridized carbons (Fsp3) is 0.500. The normalized spacial score (nSPS) is 16.1. The number of amides is 1. The Morgan fingerprint density at radius 2 is 2.23 bits per heavy atom. The number of fused-ring (bicyclic) bond motifs is 1. The van der Waals surface area contributed by atoms with Gasteiger partial charge in [0.2, 0.25) is 11.9 Å². The SMILES string of the molecule is Cn1c(NC(=O)CCC2CCOCC2)nc2c(Cl)cccc21. The first-order valence-corrected chi connectivity index (χ1v) is 8.01. The van der Waals surface area contributed by atoms with Crippen molar-refractivity contribution >= 4 is 34.5 Å². The third-order valence-corrected chi connectivity index (χ3v) is 4.54. The number of halogens is 1. The molecule has 0 unspecified atom stereocenters. The highest BCUT2D eigenvalue weighted by Crippen LogP contribution is 2.25. The second-order valence-electron chi connectivity index (χ2n) is 5.74. The van der Waals surface area contributed by atoms with E-state index in [0.717, 1.165) is 38.0 Å². The Bertz CT molecular complexity index is 677. The summed E-state index contributed by atoms with van der Waals surface area (Å²) in [6, 6.07) is 5.61. The van der Waals surface area contributed by atoms with E-state index >= 15 is 0 Å². The smallest absolute Gasteiger partial charge is 0.226 e. The summed E-state index contributed by atoms with van der Waals surface area (Å²) in [5.74, 6) is 1.13. The van der Waals surface area contributed by atoms with Gasteiger partial charge in [0.15, 0.2) is 0 Å². The number of hydrogen-bond donors (Lipinski definition) is 1. The van der Waals surface area contributed by atoms with Crippen molar-refractivity contribution in [3.63, 3.8) is 0 Å². The van der Waals surface area contributed by atoms with Gasteiger partial charge in [-0.15, -0.1) is 0 Å². The number of benzene rings is 1. The first-order chi connectivity index (χ1) is 10.6. The third kappa shape index (κ3) is 3.25. The first-order valence-electron chi connectivity index (χ1n) is 7.63. The number of imidazole rings is 1. The van der Waals surface area contributed by atoms with Gasteiger partial charge >= 0.3 is 0 Å². The zero-order chi connectivity index (χ0) is 15.5. The van der Waals surface area contributed by atoms with Crippen molar-refractivity contribution < 1.29 is 9.53 Å². The molecule has 1 amide bonds. The van der Waals surface area contributed by atoms with E-state index in [0.29, 0.717) is 28.8 Å². The number of nitrogens with zero attached hydrogens (tertiary/aromatic N) is 2. The number of aryl methyl sites for hydroxylation is 1. The van der Waals surface area contributed by atoms with Gasteiger partial charge in [0.25, 0.3) is 0 Å². The molecule has 1 fully saturated rings. The van der Waals surface area contributed by atoms with Crippen molar-refractivity contribution in [1.82, 2.24) is 9.55 Å². The molecule has 1 N–H and O–H groups in total. The van der Waals surface area contributed by atoms with E-state index < -0.39 is 0 Å². The Balaban J connectivity index is 1.64. The molecular weight excluding hydrogens is 302 g/mol. The van der Waals surface area contributed by atoms with Gasteiger partial charge in [0.05, 0.1) is 10.5 Å². The minimum atomic E-state index is 0.000945. The average Bonchev–Trinajstić information content (AvgIpc) is 2.85. The van der Waals surface area contributed by atoms with Crippen LogP contribution < -0.4 is 5.32 Å². The van der Waals surface area contributed by atoms with Gasteiger partial charge in [-0.25, -0.2) is 4.98 Å². The van der Waals surface area contributed by atoms with Crippen molar-refractivity contribution in [3.05, 3.63) is 23.2 Å². The molecule has 1 aliphatic rings. The molecular formula is C16H20ClN3O2. The van der Waals surface area contributed by atoms with Crippen LogP contribution in [-0.2, 0) is 16.6 Å². The van der Waals surface area contributed by atoms with Gasteiger partial charge in [-0.05, 0) is 37.3 Å². The summed E-state index contributed by atoms with van der Waals surface area (Å²) in [7, 11) is 1.87. The Kier molecular flexibility index (Phi) is 4.64. The number of carbonyl (C=O) groups is 1. The standard InChI is InChI=1S/C16H20ClN3O2/c1-20-13-4-2-3-12(17)15(13)19-16(20)18-14(21)6-5-11-7-9-22-10-8-11/h2-4,11H,5-10H2,1H3,(H,18,19,21). The van der Waals surface area contributed by atoms with Gasteiger partial charge in [-0.1, -0.05) is 17.7 Å². The number of nitrogens with one attached hydrogen (secondary N) is 1. The number of para-hydroxylation sites is 1. The maximum Gasteiger partial charge on any atom is 0.226 e. The van der Waals surface area contributed by atoms with Gasteiger partial charge in [0.1, 0.15) is 5.52 Å². The average molecular weight is 322 g/mol. The van der Waals surface area contributed by atoms with Crippen LogP contribution in [0.25, 0.3) is 11.0 Å². The number of carbonyl (C=O) groups excluding carboxylic acids is 1. The Morgan fingerprint density at radius 1 is 1.45 bits per heavy atom. The van der Waals surface area contributed by atoms with E-state index in [1.165, 1.54) is 0 Å². The lowest BCUT2D eigenvalue weighted by atomic mass is 9.95. The van der Waals surface area contributed by atoms with Gasteiger partial charge < -0.3 is 9.30 Å². The van der Waals surface area contributed by atoms with Crippen LogP contribution in [0.15, 0.2) is 18.2 Å². The van der Waals surface area contributed by atoms with Crippen molar-refractivity contribution in [2.75, 3.05) is 18.5 Å². The van der Waals surface area contributed by atoms with Crippen LogP contribution in [-0.4, -0.2) is 28.7 Å². The molecule has 0 bridgehead atoms. The largest absolute Gasteiger partial charge is 0.381 e. The lowest BCUT2D eigenvalue weighted by Gasteiger charge is -2.21. The van der Waals surface area contributed by atoms with Crippen LogP contribution in [0.5, 0.6) is 0 Å². The zero-order valence-electron chi connectivity index (χ0n) is 12.6. The fourth-order valence-electron chi connectivity index (χ4n) is 2.85. The summed E-state index contributed by atoms with van der Waals surface area (Å²) >= 11 is 6.14. The van der Waals surface area contributed by atoms with Crippen LogP contribution in [0.4, 0.5) is 5.95 Å².